The molecule has 0 unspecified atom stereocenters. The lowest BCUT2D eigenvalue weighted by Gasteiger charge is -2.33. The molecule has 0 aliphatic carbocycles. The summed E-state index contributed by atoms with van der Waals surface area (Å²) in [4.78, 5) is 27.0. The predicted molar refractivity (Wildman–Crippen MR) is 82.9 cm³/mol. The summed E-state index contributed by atoms with van der Waals surface area (Å²) in [6.07, 6.45) is -0.284. The average molecular weight is 343 g/mol. The number of thioether (sulfide) groups is 1. The number of hydrogen-bond acceptors (Lipinski definition) is 8. The van der Waals surface area contributed by atoms with Gasteiger partial charge in [-0.3, -0.25) is 9.69 Å². The molecular weight excluding hydrogens is 322 g/mol. The molecule has 1 aromatic heterocycles. The molecule has 23 heavy (non-hydrogen) atoms. The van der Waals surface area contributed by atoms with Crippen LogP contribution in [0.3, 0.4) is 0 Å². The Kier molecular flexibility index (Phi) is 6.59. The Labute approximate surface area is 138 Å². The number of nitrogens with one attached hydrogen (secondary N) is 1. The standard InChI is InChI=1S/C12H21N7O3S/c1-17-11(14-15-16-17)23-9-10(20)13-3-4-18-5-7-19(8-6-18)12(21)22-2/h3-9H2,1-2H3,(H,13,20). The molecule has 10 nitrogen and oxygen atoms in total. The normalized spacial score (nSPS) is 15.5. The molecule has 0 bridgehead atoms. The number of carbonyl (C=O) groups is 2. The van der Waals surface area contributed by atoms with Crippen molar-refractivity contribution in [2.75, 3.05) is 52.1 Å². The topological polar surface area (TPSA) is 105 Å². The molecule has 1 N–H and O–H groups in total. The third-order valence-corrected chi connectivity index (χ3v) is 4.48. The number of amides is 2. The Hall–Kier alpha value is -1.88. The lowest BCUT2D eigenvalue weighted by atomic mass is 10.3. The third kappa shape index (κ3) is 5.36. The van der Waals surface area contributed by atoms with Crippen LogP contribution in [0.4, 0.5) is 4.79 Å². The van der Waals surface area contributed by atoms with Crippen molar-refractivity contribution in [3.8, 4) is 0 Å². The molecular formula is C12H21N7O3S. The van der Waals surface area contributed by atoms with Gasteiger partial charge in [0.05, 0.1) is 12.9 Å². The number of tetrazole rings is 1. The summed E-state index contributed by atoms with van der Waals surface area (Å²) in [6, 6.07) is 0. The Balaban J connectivity index is 1.57. The van der Waals surface area contributed by atoms with E-state index >= 15 is 0 Å². The largest absolute Gasteiger partial charge is 0.453 e. The molecule has 1 aliphatic rings. The van der Waals surface area contributed by atoms with Gasteiger partial charge in [0.2, 0.25) is 11.1 Å². The van der Waals surface area contributed by atoms with Gasteiger partial charge in [0.1, 0.15) is 0 Å². The van der Waals surface area contributed by atoms with Crippen LogP contribution in [0.25, 0.3) is 0 Å². The van der Waals surface area contributed by atoms with E-state index in [0.717, 1.165) is 19.6 Å². The van der Waals surface area contributed by atoms with Gasteiger partial charge in [-0.2, -0.15) is 0 Å². The number of ether oxygens (including phenoxy) is 1. The number of nitrogens with zero attached hydrogens (tertiary/aromatic N) is 6. The van der Waals surface area contributed by atoms with Crippen LogP contribution in [-0.4, -0.2) is 94.1 Å². The molecule has 1 aliphatic heterocycles. The van der Waals surface area contributed by atoms with Crippen molar-refractivity contribution in [2.24, 2.45) is 7.05 Å². The molecule has 2 amide bonds. The van der Waals surface area contributed by atoms with E-state index in [4.69, 9.17) is 4.74 Å². The van der Waals surface area contributed by atoms with E-state index in [0.29, 0.717) is 24.8 Å². The van der Waals surface area contributed by atoms with Crippen LogP contribution < -0.4 is 5.32 Å². The van der Waals surface area contributed by atoms with Gasteiger partial charge in [0.15, 0.2) is 0 Å². The maximum absolute atomic E-state index is 11.8. The van der Waals surface area contributed by atoms with E-state index in [1.165, 1.54) is 23.6 Å². The molecule has 0 radical (unpaired) electrons. The average Bonchev–Trinajstić information content (AvgIpc) is 2.98. The van der Waals surface area contributed by atoms with Crippen LogP contribution in [0.2, 0.25) is 0 Å². The maximum Gasteiger partial charge on any atom is 0.409 e. The van der Waals surface area contributed by atoms with Crippen molar-refractivity contribution in [3.63, 3.8) is 0 Å². The third-order valence-electron chi connectivity index (χ3n) is 3.47. The lowest BCUT2D eigenvalue weighted by Crippen LogP contribution is -2.50. The van der Waals surface area contributed by atoms with Crippen molar-refractivity contribution in [1.29, 1.82) is 0 Å². The molecule has 0 saturated carbocycles. The van der Waals surface area contributed by atoms with Gasteiger partial charge in [0, 0.05) is 46.3 Å². The fraction of sp³-hybridized carbons (Fsp3) is 0.750. The Morgan fingerprint density at radius 1 is 1.30 bits per heavy atom. The summed E-state index contributed by atoms with van der Waals surface area (Å²) in [7, 11) is 3.12. The molecule has 0 aromatic carbocycles. The van der Waals surface area contributed by atoms with Gasteiger partial charge >= 0.3 is 6.09 Å². The Morgan fingerprint density at radius 2 is 2.04 bits per heavy atom. The van der Waals surface area contributed by atoms with Gasteiger partial charge in [-0.15, -0.1) is 5.10 Å². The number of rotatable bonds is 6. The first-order valence-corrected chi connectivity index (χ1v) is 8.26. The van der Waals surface area contributed by atoms with Crippen molar-refractivity contribution >= 4 is 23.8 Å². The zero-order chi connectivity index (χ0) is 16.7. The monoisotopic (exact) mass is 343 g/mol. The highest BCUT2D eigenvalue weighted by Crippen LogP contribution is 2.11. The molecule has 1 saturated heterocycles. The summed E-state index contributed by atoms with van der Waals surface area (Å²) in [5.41, 5.74) is 0. The van der Waals surface area contributed by atoms with E-state index in [9.17, 15) is 9.59 Å². The van der Waals surface area contributed by atoms with Crippen molar-refractivity contribution in [2.45, 2.75) is 5.16 Å². The second kappa shape index (κ2) is 8.67. The number of hydrogen-bond donors (Lipinski definition) is 1. The molecule has 1 aromatic rings. The highest BCUT2D eigenvalue weighted by molar-refractivity contribution is 7.99. The van der Waals surface area contributed by atoms with Crippen LogP contribution in [0, 0.1) is 0 Å². The number of methoxy groups -OCH3 is 1. The molecule has 2 heterocycles. The minimum Gasteiger partial charge on any atom is -0.453 e. The van der Waals surface area contributed by atoms with E-state index < -0.39 is 0 Å². The van der Waals surface area contributed by atoms with Gasteiger partial charge in [-0.1, -0.05) is 11.8 Å². The molecule has 2 rings (SSSR count). The van der Waals surface area contributed by atoms with E-state index in [-0.39, 0.29) is 17.8 Å². The quantitative estimate of drug-likeness (QED) is 0.642. The van der Waals surface area contributed by atoms with Crippen molar-refractivity contribution in [3.05, 3.63) is 0 Å². The number of carbonyl (C=O) groups excluding carboxylic acids is 2. The van der Waals surface area contributed by atoms with E-state index in [1.807, 2.05) is 0 Å². The Bertz CT molecular complexity index is 530. The highest BCUT2D eigenvalue weighted by Gasteiger charge is 2.21. The summed E-state index contributed by atoms with van der Waals surface area (Å²) in [5, 5.41) is 14.5. The fourth-order valence-corrected chi connectivity index (χ4v) is 2.84. The zero-order valence-corrected chi connectivity index (χ0v) is 14.1. The SMILES string of the molecule is COC(=O)N1CCN(CCNC(=O)CSc2nnnn2C)CC1. The smallest absolute Gasteiger partial charge is 0.409 e. The highest BCUT2D eigenvalue weighted by atomic mass is 32.2. The van der Waals surface area contributed by atoms with Crippen LogP contribution in [0.15, 0.2) is 5.16 Å². The first kappa shape index (κ1) is 17.5. The summed E-state index contributed by atoms with van der Waals surface area (Å²) >= 11 is 1.30. The fourth-order valence-electron chi connectivity index (χ4n) is 2.16. The molecule has 128 valence electrons. The molecule has 1 fully saturated rings. The Morgan fingerprint density at radius 3 is 2.65 bits per heavy atom. The second-order valence-corrected chi connectivity index (χ2v) is 5.96. The molecule has 0 spiro atoms. The van der Waals surface area contributed by atoms with Gasteiger partial charge in [0.25, 0.3) is 0 Å². The lowest BCUT2D eigenvalue weighted by molar-refractivity contribution is -0.118. The van der Waals surface area contributed by atoms with Gasteiger partial charge in [-0.25, -0.2) is 9.48 Å². The van der Waals surface area contributed by atoms with Crippen LogP contribution in [-0.2, 0) is 16.6 Å². The number of piperazine rings is 1. The maximum atomic E-state index is 11.8. The van der Waals surface area contributed by atoms with Crippen LogP contribution >= 0.6 is 11.8 Å². The predicted octanol–water partition coefficient (Wildman–Crippen LogP) is -1.20. The van der Waals surface area contributed by atoms with E-state index in [2.05, 4.69) is 25.7 Å². The molecule has 0 atom stereocenters. The first-order chi connectivity index (χ1) is 11.1. The first-order valence-electron chi connectivity index (χ1n) is 7.27. The number of aromatic nitrogens is 4. The van der Waals surface area contributed by atoms with Crippen molar-refractivity contribution < 1.29 is 14.3 Å². The summed E-state index contributed by atoms with van der Waals surface area (Å²) < 4.78 is 6.22. The molecule has 11 heteroatoms. The van der Waals surface area contributed by atoms with Crippen LogP contribution in [0.5, 0.6) is 0 Å². The number of aryl methyl sites for hydroxylation is 1. The second-order valence-electron chi connectivity index (χ2n) is 5.02. The van der Waals surface area contributed by atoms with Crippen molar-refractivity contribution in [1.82, 2.24) is 35.3 Å². The van der Waals surface area contributed by atoms with Crippen LogP contribution in [0.1, 0.15) is 0 Å². The zero-order valence-electron chi connectivity index (χ0n) is 13.3. The summed E-state index contributed by atoms with van der Waals surface area (Å²) in [5.74, 6) is 0.232. The van der Waals surface area contributed by atoms with Gasteiger partial charge in [-0.05, 0) is 10.4 Å². The minimum atomic E-state index is -0.284. The van der Waals surface area contributed by atoms with Gasteiger partial charge < -0.3 is 15.0 Å². The minimum absolute atomic E-state index is 0.0498. The summed E-state index contributed by atoms with van der Waals surface area (Å²) in [6.45, 7) is 4.20. The van der Waals surface area contributed by atoms with E-state index in [1.54, 1.807) is 11.9 Å².